The van der Waals surface area contributed by atoms with Gasteiger partial charge in [0, 0.05) is 6.42 Å². The summed E-state index contributed by atoms with van der Waals surface area (Å²) in [5.41, 5.74) is 3.32. The second kappa shape index (κ2) is 7.66. The van der Waals surface area contributed by atoms with Crippen molar-refractivity contribution in [2.45, 2.75) is 32.7 Å². The van der Waals surface area contributed by atoms with Gasteiger partial charge in [-0.1, -0.05) is 59.1 Å². The molecule has 4 heteroatoms. The van der Waals surface area contributed by atoms with E-state index in [1.807, 2.05) is 44.2 Å². The second-order valence-corrected chi connectivity index (χ2v) is 6.26. The number of amides is 1. The number of aryl methyl sites for hydroxylation is 2. The number of nitrogens with one attached hydrogen (secondary N) is 1. The molecule has 0 bridgehead atoms. The maximum atomic E-state index is 12.0. The first kappa shape index (κ1) is 16.9. The van der Waals surface area contributed by atoms with E-state index in [2.05, 4.69) is 5.32 Å². The first-order valence-electron chi connectivity index (χ1n) is 7.25. The molecule has 0 saturated carbocycles. The van der Waals surface area contributed by atoms with Crippen molar-refractivity contribution in [3.05, 3.63) is 69.2 Å². The Morgan fingerprint density at radius 1 is 1.09 bits per heavy atom. The van der Waals surface area contributed by atoms with Crippen LogP contribution in [-0.2, 0) is 11.2 Å². The lowest BCUT2D eigenvalue weighted by atomic mass is 10.1. The van der Waals surface area contributed by atoms with E-state index in [9.17, 15) is 4.79 Å². The normalized spacial score (nSPS) is 12.0. The van der Waals surface area contributed by atoms with E-state index in [0.29, 0.717) is 22.9 Å². The summed E-state index contributed by atoms with van der Waals surface area (Å²) < 4.78 is 0. The molecule has 0 radical (unpaired) electrons. The molecule has 1 unspecified atom stereocenters. The number of hydrogen-bond acceptors (Lipinski definition) is 1. The van der Waals surface area contributed by atoms with E-state index in [4.69, 9.17) is 23.2 Å². The molecule has 0 aromatic heterocycles. The third-order valence-electron chi connectivity index (χ3n) is 3.58. The van der Waals surface area contributed by atoms with Gasteiger partial charge in [0.05, 0.1) is 16.1 Å². The van der Waals surface area contributed by atoms with Gasteiger partial charge in [-0.05, 0) is 43.5 Å². The van der Waals surface area contributed by atoms with Gasteiger partial charge in [0.25, 0.3) is 0 Å². The van der Waals surface area contributed by atoms with Crippen molar-refractivity contribution < 1.29 is 4.79 Å². The number of carbonyl (C=O) groups is 1. The van der Waals surface area contributed by atoms with Crippen LogP contribution in [0.1, 0.15) is 36.1 Å². The monoisotopic (exact) mass is 335 g/mol. The zero-order chi connectivity index (χ0) is 16.1. The number of carbonyl (C=O) groups excluding carboxylic acids is 1. The van der Waals surface area contributed by atoms with Gasteiger partial charge >= 0.3 is 0 Å². The van der Waals surface area contributed by atoms with Crippen molar-refractivity contribution in [1.82, 2.24) is 5.32 Å². The van der Waals surface area contributed by atoms with Crippen LogP contribution in [0.15, 0.2) is 42.5 Å². The molecular formula is C18H19Cl2NO. The highest BCUT2D eigenvalue weighted by Crippen LogP contribution is 2.23. The standard InChI is InChI=1S/C18H19Cl2NO/c1-12-3-7-15(8-4-12)13(2)21-18(22)10-6-14-5-9-16(19)17(20)11-14/h3-5,7-9,11,13H,6,10H2,1-2H3,(H,21,22). The maximum Gasteiger partial charge on any atom is 0.220 e. The first-order valence-corrected chi connectivity index (χ1v) is 8.01. The van der Waals surface area contributed by atoms with Crippen LogP contribution in [0.25, 0.3) is 0 Å². The third-order valence-corrected chi connectivity index (χ3v) is 4.32. The highest BCUT2D eigenvalue weighted by atomic mass is 35.5. The fraction of sp³-hybridized carbons (Fsp3) is 0.278. The molecule has 22 heavy (non-hydrogen) atoms. The van der Waals surface area contributed by atoms with E-state index >= 15 is 0 Å². The van der Waals surface area contributed by atoms with E-state index in [0.717, 1.165) is 11.1 Å². The summed E-state index contributed by atoms with van der Waals surface area (Å²) >= 11 is 11.9. The molecular weight excluding hydrogens is 317 g/mol. The Balaban J connectivity index is 1.87. The zero-order valence-corrected chi connectivity index (χ0v) is 14.2. The highest BCUT2D eigenvalue weighted by molar-refractivity contribution is 6.42. The van der Waals surface area contributed by atoms with Crippen LogP contribution in [0, 0.1) is 6.92 Å². The molecule has 0 aliphatic rings. The van der Waals surface area contributed by atoms with E-state index < -0.39 is 0 Å². The van der Waals surface area contributed by atoms with Gasteiger partial charge in [-0.2, -0.15) is 0 Å². The first-order chi connectivity index (χ1) is 10.5. The molecule has 2 rings (SSSR count). The van der Waals surface area contributed by atoms with Gasteiger partial charge in [-0.15, -0.1) is 0 Å². The van der Waals surface area contributed by atoms with Crippen molar-refractivity contribution in [2.75, 3.05) is 0 Å². The van der Waals surface area contributed by atoms with Gasteiger partial charge in [0.15, 0.2) is 0 Å². The summed E-state index contributed by atoms with van der Waals surface area (Å²) in [4.78, 5) is 12.0. The van der Waals surface area contributed by atoms with Crippen molar-refractivity contribution in [3.63, 3.8) is 0 Å². The lowest BCUT2D eigenvalue weighted by Crippen LogP contribution is -2.26. The van der Waals surface area contributed by atoms with Crippen molar-refractivity contribution in [1.29, 1.82) is 0 Å². The summed E-state index contributed by atoms with van der Waals surface area (Å²) in [5.74, 6) is 0.0270. The average molecular weight is 336 g/mol. The largest absolute Gasteiger partial charge is 0.350 e. The number of benzene rings is 2. The Morgan fingerprint density at radius 3 is 2.41 bits per heavy atom. The van der Waals surface area contributed by atoms with Crippen molar-refractivity contribution >= 4 is 29.1 Å². The number of halogens is 2. The molecule has 1 N–H and O–H groups in total. The summed E-state index contributed by atoms with van der Waals surface area (Å²) in [6, 6.07) is 13.6. The number of hydrogen-bond donors (Lipinski definition) is 1. The van der Waals surface area contributed by atoms with Gasteiger partial charge < -0.3 is 5.32 Å². The smallest absolute Gasteiger partial charge is 0.220 e. The lowest BCUT2D eigenvalue weighted by Gasteiger charge is -2.14. The van der Waals surface area contributed by atoms with Gasteiger partial charge in [0.1, 0.15) is 0 Å². The van der Waals surface area contributed by atoms with Crippen LogP contribution in [-0.4, -0.2) is 5.91 Å². The Kier molecular flexibility index (Phi) is 5.87. The molecule has 1 atom stereocenters. The summed E-state index contributed by atoms with van der Waals surface area (Å²) in [6.45, 7) is 4.03. The van der Waals surface area contributed by atoms with Crippen LogP contribution in [0.3, 0.4) is 0 Å². The van der Waals surface area contributed by atoms with Gasteiger partial charge in [0.2, 0.25) is 5.91 Å². The van der Waals surface area contributed by atoms with Crippen LogP contribution < -0.4 is 5.32 Å². The van der Waals surface area contributed by atoms with E-state index in [1.54, 1.807) is 12.1 Å². The molecule has 0 aliphatic carbocycles. The SMILES string of the molecule is Cc1ccc(C(C)NC(=O)CCc2ccc(Cl)c(Cl)c2)cc1. The Bertz CT molecular complexity index is 653. The van der Waals surface area contributed by atoms with E-state index in [1.165, 1.54) is 5.56 Å². The topological polar surface area (TPSA) is 29.1 Å². The lowest BCUT2D eigenvalue weighted by molar-refractivity contribution is -0.121. The predicted octanol–water partition coefficient (Wildman–Crippen LogP) is 5.11. The van der Waals surface area contributed by atoms with Crippen LogP contribution in [0.5, 0.6) is 0 Å². The van der Waals surface area contributed by atoms with Crippen LogP contribution >= 0.6 is 23.2 Å². The molecule has 0 aliphatic heterocycles. The molecule has 2 aromatic rings. The zero-order valence-electron chi connectivity index (χ0n) is 12.7. The Morgan fingerprint density at radius 2 is 1.77 bits per heavy atom. The second-order valence-electron chi connectivity index (χ2n) is 5.45. The summed E-state index contributed by atoms with van der Waals surface area (Å²) in [6.07, 6.45) is 1.07. The minimum absolute atomic E-state index is 0.00176. The molecule has 2 nitrogen and oxygen atoms in total. The van der Waals surface area contributed by atoms with Crippen LogP contribution in [0.4, 0.5) is 0 Å². The molecule has 0 saturated heterocycles. The van der Waals surface area contributed by atoms with Crippen molar-refractivity contribution in [3.8, 4) is 0 Å². The highest BCUT2D eigenvalue weighted by Gasteiger charge is 2.10. The third kappa shape index (κ3) is 4.75. The molecule has 0 spiro atoms. The maximum absolute atomic E-state index is 12.0. The average Bonchev–Trinajstić information content (AvgIpc) is 2.49. The fourth-order valence-corrected chi connectivity index (χ4v) is 2.53. The Hall–Kier alpha value is -1.51. The van der Waals surface area contributed by atoms with E-state index in [-0.39, 0.29) is 11.9 Å². The van der Waals surface area contributed by atoms with Gasteiger partial charge in [-0.25, -0.2) is 0 Å². The predicted molar refractivity (Wildman–Crippen MR) is 92.5 cm³/mol. The Labute approximate surface area is 141 Å². The molecule has 2 aromatic carbocycles. The quantitative estimate of drug-likeness (QED) is 0.807. The van der Waals surface area contributed by atoms with Gasteiger partial charge in [-0.3, -0.25) is 4.79 Å². The minimum Gasteiger partial charge on any atom is -0.350 e. The number of rotatable bonds is 5. The molecule has 1 amide bonds. The van der Waals surface area contributed by atoms with Crippen LogP contribution in [0.2, 0.25) is 10.0 Å². The summed E-state index contributed by atoms with van der Waals surface area (Å²) in [7, 11) is 0. The minimum atomic E-state index is 0.00176. The summed E-state index contributed by atoms with van der Waals surface area (Å²) in [5, 5.41) is 4.07. The molecule has 0 heterocycles. The van der Waals surface area contributed by atoms with Crippen molar-refractivity contribution in [2.24, 2.45) is 0 Å². The molecule has 116 valence electrons. The molecule has 0 fully saturated rings. The fourth-order valence-electron chi connectivity index (χ4n) is 2.21.